The van der Waals surface area contributed by atoms with E-state index in [2.05, 4.69) is 16.2 Å². The monoisotopic (exact) mass is 272 g/mol. The quantitative estimate of drug-likeness (QED) is 0.747. The predicted molar refractivity (Wildman–Crippen MR) is 74.8 cm³/mol. The molecule has 0 N–H and O–H groups in total. The summed E-state index contributed by atoms with van der Waals surface area (Å²) in [5, 5.41) is 13.9. The number of benzene rings is 1. The van der Waals surface area contributed by atoms with Gasteiger partial charge in [-0.3, -0.25) is 0 Å². The van der Waals surface area contributed by atoms with Crippen molar-refractivity contribution in [1.29, 1.82) is 5.26 Å². The lowest BCUT2D eigenvalue weighted by molar-refractivity contribution is 0.773. The van der Waals surface area contributed by atoms with Gasteiger partial charge in [0.05, 0.1) is 4.90 Å². The van der Waals surface area contributed by atoms with Crippen LogP contribution < -0.4 is 0 Å². The Balaban J connectivity index is 2.17. The van der Waals surface area contributed by atoms with Gasteiger partial charge < -0.3 is 0 Å². The van der Waals surface area contributed by atoms with Crippen molar-refractivity contribution in [3.05, 3.63) is 30.3 Å². The first-order chi connectivity index (χ1) is 8.79. The normalized spacial score (nSPS) is 13.7. The van der Waals surface area contributed by atoms with Gasteiger partial charge in [0, 0.05) is 12.6 Å². The zero-order valence-corrected chi connectivity index (χ0v) is 11.1. The molecule has 18 heavy (non-hydrogen) atoms. The maximum atomic E-state index is 8.89. The van der Waals surface area contributed by atoms with Crippen LogP contribution in [-0.2, 0) is 7.05 Å². The molecular weight excluding hydrogens is 264 g/mol. The van der Waals surface area contributed by atoms with Gasteiger partial charge in [-0.15, -0.1) is 0 Å². The molecule has 0 bridgehead atoms. The maximum Gasteiger partial charge on any atom is 0.187 e. The van der Waals surface area contributed by atoms with Crippen molar-refractivity contribution in [2.24, 2.45) is 12.0 Å². The Kier molecular flexibility index (Phi) is 2.86. The zero-order valence-electron chi connectivity index (χ0n) is 9.49. The van der Waals surface area contributed by atoms with Crippen molar-refractivity contribution in [2.75, 3.05) is 0 Å². The number of fused-ring (bicyclic) bond motifs is 1. The first kappa shape index (κ1) is 11.4. The minimum Gasteiger partial charge on any atom is -0.249 e. The lowest BCUT2D eigenvalue weighted by Gasteiger charge is -2.07. The molecule has 1 aromatic carbocycles. The van der Waals surface area contributed by atoms with Crippen LogP contribution in [0.4, 0.5) is 5.82 Å². The highest BCUT2D eigenvalue weighted by Gasteiger charge is 2.23. The van der Waals surface area contributed by atoms with E-state index >= 15 is 0 Å². The molecule has 0 spiro atoms. The van der Waals surface area contributed by atoms with E-state index in [1.165, 1.54) is 10.8 Å². The number of hydrogen-bond donors (Lipinski definition) is 0. The molecule has 4 nitrogen and oxygen atoms in total. The van der Waals surface area contributed by atoms with Gasteiger partial charge in [0.1, 0.15) is 11.8 Å². The third kappa shape index (κ3) is 1.82. The van der Waals surface area contributed by atoms with Gasteiger partial charge >= 0.3 is 0 Å². The van der Waals surface area contributed by atoms with Crippen LogP contribution in [0.1, 0.15) is 0 Å². The van der Waals surface area contributed by atoms with Crippen LogP contribution in [0.3, 0.4) is 0 Å². The molecule has 0 radical (unpaired) electrons. The van der Waals surface area contributed by atoms with Crippen molar-refractivity contribution in [3.8, 4) is 17.3 Å². The van der Waals surface area contributed by atoms with Crippen LogP contribution in [-0.4, -0.2) is 14.8 Å². The molecule has 2 aromatic rings. The van der Waals surface area contributed by atoms with Crippen molar-refractivity contribution in [1.82, 2.24) is 9.78 Å². The Bertz CT molecular complexity index is 667. The molecule has 0 atom stereocenters. The summed E-state index contributed by atoms with van der Waals surface area (Å²) in [6.07, 6.45) is 0. The standard InChI is InChI=1S/C12H8N4S2/c1-16-12-11(18-17-9(7-13)14-12)10(15-16)8-5-3-2-4-6-8/h2-6H,1H3. The first-order valence-electron chi connectivity index (χ1n) is 5.25. The second-order valence-corrected chi connectivity index (χ2v) is 5.81. The minimum atomic E-state index is 0.468. The predicted octanol–water partition coefficient (Wildman–Crippen LogP) is 3.39. The fraction of sp³-hybridized carbons (Fsp3) is 0.0833. The third-order valence-electron chi connectivity index (χ3n) is 2.53. The molecule has 2 heterocycles. The van der Waals surface area contributed by atoms with Crippen molar-refractivity contribution in [3.63, 3.8) is 0 Å². The van der Waals surface area contributed by atoms with Crippen LogP contribution in [0.5, 0.6) is 0 Å². The highest BCUT2D eigenvalue weighted by Crippen LogP contribution is 2.47. The summed E-state index contributed by atoms with van der Waals surface area (Å²) in [4.78, 5) is 5.33. The molecule has 0 amide bonds. The van der Waals surface area contributed by atoms with Gasteiger partial charge in [-0.25, -0.2) is 9.67 Å². The molecule has 3 rings (SSSR count). The van der Waals surface area contributed by atoms with E-state index < -0.39 is 0 Å². The Morgan fingerprint density at radius 2 is 2.00 bits per heavy atom. The number of rotatable bonds is 1. The van der Waals surface area contributed by atoms with Gasteiger partial charge in [-0.05, 0) is 21.6 Å². The molecule has 0 saturated carbocycles. The number of aryl methyl sites for hydroxylation is 1. The second kappa shape index (κ2) is 4.52. The average Bonchev–Trinajstić information content (AvgIpc) is 2.77. The highest BCUT2D eigenvalue weighted by atomic mass is 33.1. The molecular formula is C12H8N4S2. The van der Waals surface area contributed by atoms with Gasteiger partial charge in [0.25, 0.3) is 0 Å². The number of nitrogens with zero attached hydrogens (tertiary/aromatic N) is 4. The van der Waals surface area contributed by atoms with E-state index in [1.807, 2.05) is 37.4 Å². The van der Waals surface area contributed by atoms with E-state index in [4.69, 9.17) is 5.26 Å². The summed E-state index contributed by atoms with van der Waals surface area (Å²) in [6.45, 7) is 0. The molecule has 0 aliphatic carbocycles. The Hall–Kier alpha value is -1.71. The second-order valence-electron chi connectivity index (χ2n) is 3.69. The molecule has 0 unspecified atom stereocenters. The zero-order chi connectivity index (χ0) is 12.5. The molecule has 0 fully saturated rings. The van der Waals surface area contributed by atoms with Crippen molar-refractivity contribution < 1.29 is 0 Å². The number of aliphatic imine (C=N–C) groups is 1. The molecule has 1 aliphatic rings. The molecule has 1 aliphatic heterocycles. The molecule has 0 saturated heterocycles. The van der Waals surface area contributed by atoms with Gasteiger partial charge in [0.2, 0.25) is 0 Å². The molecule has 1 aromatic heterocycles. The SMILES string of the molecule is Cn1nc(-c2ccccc2)c2c1N=C(C#N)SS2. The van der Waals surface area contributed by atoms with Crippen LogP contribution >= 0.6 is 21.6 Å². The summed E-state index contributed by atoms with van der Waals surface area (Å²) in [7, 11) is 4.77. The van der Waals surface area contributed by atoms with E-state index in [1.54, 1.807) is 15.5 Å². The molecule has 6 heteroatoms. The minimum absolute atomic E-state index is 0.468. The maximum absolute atomic E-state index is 8.89. The van der Waals surface area contributed by atoms with Crippen LogP contribution in [0, 0.1) is 11.3 Å². The van der Waals surface area contributed by atoms with Crippen LogP contribution in [0.25, 0.3) is 11.3 Å². The summed E-state index contributed by atoms with van der Waals surface area (Å²) in [5.41, 5.74) is 1.99. The van der Waals surface area contributed by atoms with E-state index in [-0.39, 0.29) is 0 Å². The number of aromatic nitrogens is 2. The van der Waals surface area contributed by atoms with Crippen LogP contribution in [0.15, 0.2) is 40.2 Å². The van der Waals surface area contributed by atoms with Gasteiger partial charge in [-0.1, -0.05) is 30.3 Å². The largest absolute Gasteiger partial charge is 0.249 e. The lowest BCUT2D eigenvalue weighted by Crippen LogP contribution is -1.93. The summed E-state index contributed by atoms with van der Waals surface area (Å²) in [6, 6.07) is 12.1. The first-order valence-corrected chi connectivity index (χ1v) is 7.40. The van der Waals surface area contributed by atoms with E-state index in [0.717, 1.165) is 22.0 Å². The average molecular weight is 272 g/mol. The van der Waals surface area contributed by atoms with E-state index in [9.17, 15) is 0 Å². The fourth-order valence-corrected chi connectivity index (χ4v) is 3.70. The number of nitriles is 1. The number of hydrogen-bond acceptors (Lipinski definition) is 5. The fourth-order valence-electron chi connectivity index (χ4n) is 1.72. The highest BCUT2D eigenvalue weighted by molar-refractivity contribution is 8.82. The van der Waals surface area contributed by atoms with Crippen molar-refractivity contribution >= 4 is 32.4 Å². The lowest BCUT2D eigenvalue weighted by atomic mass is 10.1. The smallest absolute Gasteiger partial charge is 0.187 e. The summed E-state index contributed by atoms with van der Waals surface area (Å²) >= 11 is 0. The summed E-state index contributed by atoms with van der Waals surface area (Å²) < 4.78 is 1.72. The van der Waals surface area contributed by atoms with Crippen molar-refractivity contribution in [2.45, 2.75) is 4.90 Å². The summed E-state index contributed by atoms with van der Waals surface area (Å²) in [5.74, 6) is 0.758. The van der Waals surface area contributed by atoms with Gasteiger partial charge in [-0.2, -0.15) is 10.4 Å². The molecule has 88 valence electrons. The Labute approximate surface area is 112 Å². The Morgan fingerprint density at radius 3 is 2.72 bits per heavy atom. The van der Waals surface area contributed by atoms with E-state index in [0.29, 0.717) is 5.04 Å². The van der Waals surface area contributed by atoms with Gasteiger partial charge in [0.15, 0.2) is 10.9 Å². The Morgan fingerprint density at radius 1 is 1.22 bits per heavy atom. The topological polar surface area (TPSA) is 54.0 Å². The third-order valence-corrected chi connectivity index (χ3v) is 4.72. The van der Waals surface area contributed by atoms with Crippen LogP contribution in [0.2, 0.25) is 0 Å².